The Morgan fingerprint density at radius 3 is 2.27 bits per heavy atom. The van der Waals surface area contributed by atoms with Gasteiger partial charge in [-0.25, -0.2) is 0 Å². The Bertz CT molecular complexity index is 986. The first-order valence-corrected chi connectivity index (χ1v) is 10.1. The quantitative estimate of drug-likeness (QED) is 0.565. The summed E-state index contributed by atoms with van der Waals surface area (Å²) in [5.41, 5.74) is 2.62. The van der Waals surface area contributed by atoms with Gasteiger partial charge in [0.05, 0.1) is 25.2 Å². The van der Waals surface area contributed by atoms with Crippen LogP contribution in [-0.4, -0.2) is 23.2 Å². The van der Waals surface area contributed by atoms with Crippen molar-refractivity contribution in [3.8, 4) is 11.5 Å². The predicted molar refractivity (Wildman–Crippen MR) is 115 cm³/mol. The number of phenolic OH excluding ortho intramolecular Hbond substituents is 1. The van der Waals surface area contributed by atoms with Crippen LogP contribution in [0.2, 0.25) is 0 Å². The van der Waals surface area contributed by atoms with Crippen molar-refractivity contribution < 1.29 is 19.7 Å². The summed E-state index contributed by atoms with van der Waals surface area (Å²) < 4.78 is 5.22. The monoisotopic (exact) mass is 403 g/mol. The van der Waals surface area contributed by atoms with E-state index in [1.807, 2.05) is 66.7 Å². The molecule has 1 fully saturated rings. The zero-order chi connectivity index (χ0) is 21.1. The molecule has 1 saturated heterocycles. The van der Waals surface area contributed by atoms with E-state index in [0.717, 1.165) is 22.6 Å². The minimum absolute atomic E-state index is 0.0403. The number of hydrogen-bond donors (Lipinski definition) is 2. The smallest absolute Gasteiger partial charge is 0.233 e. The van der Waals surface area contributed by atoms with Gasteiger partial charge in [-0.15, -0.1) is 0 Å². The average molecular weight is 403 g/mol. The molecule has 0 saturated carbocycles. The van der Waals surface area contributed by atoms with Crippen LogP contribution < -0.4 is 9.64 Å². The lowest BCUT2D eigenvalue weighted by atomic mass is 9.78. The van der Waals surface area contributed by atoms with Crippen LogP contribution in [0.1, 0.15) is 36.1 Å². The van der Waals surface area contributed by atoms with E-state index in [-0.39, 0.29) is 23.6 Å². The van der Waals surface area contributed by atoms with Crippen molar-refractivity contribution in [3.63, 3.8) is 0 Å². The second-order valence-electron chi connectivity index (χ2n) is 7.55. The number of aromatic hydroxyl groups is 1. The van der Waals surface area contributed by atoms with E-state index in [1.165, 1.54) is 0 Å². The number of phenols is 1. The number of hydrogen-bond acceptors (Lipinski definition) is 4. The third-order valence-electron chi connectivity index (χ3n) is 5.73. The molecule has 0 bridgehead atoms. The normalized spacial score (nSPS) is 19.3. The molecule has 0 unspecified atom stereocenters. The molecule has 3 aromatic rings. The molecule has 5 nitrogen and oxygen atoms in total. The van der Waals surface area contributed by atoms with Crippen molar-refractivity contribution in [3.05, 3.63) is 90.0 Å². The van der Waals surface area contributed by atoms with Crippen molar-refractivity contribution >= 4 is 11.6 Å². The highest BCUT2D eigenvalue weighted by Gasteiger charge is 2.48. The fraction of sp³-hybridized carbons (Fsp3) is 0.240. The molecule has 2 N–H and O–H groups in total. The minimum atomic E-state index is -0.602. The lowest BCUT2D eigenvalue weighted by Gasteiger charge is -2.48. The molecule has 1 aliphatic heterocycles. The van der Waals surface area contributed by atoms with Crippen LogP contribution >= 0.6 is 0 Å². The molecule has 0 aliphatic carbocycles. The number of ether oxygens (including phenoxy) is 1. The van der Waals surface area contributed by atoms with E-state index in [4.69, 9.17) is 4.74 Å². The number of carbonyl (C=O) groups is 1. The lowest BCUT2D eigenvalue weighted by molar-refractivity contribution is -0.131. The Hall–Kier alpha value is -3.31. The van der Waals surface area contributed by atoms with Gasteiger partial charge in [-0.05, 0) is 60.4 Å². The van der Waals surface area contributed by atoms with Gasteiger partial charge < -0.3 is 19.8 Å². The number of aliphatic hydroxyl groups excluding tert-OH is 1. The molecule has 1 aliphatic rings. The maximum absolute atomic E-state index is 13.1. The highest BCUT2D eigenvalue weighted by molar-refractivity contribution is 6.03. The molecule has 0 aromatic heterocycles. The van der Waals surface area contributed by atoms with Crippen LogP contribution in [0, 0.1) is 5.92 Å². The van der Waals surface area contributed by atoms with Gasteiger partial charge >= 0.3 is 0 Å². The van der Waals surface area contributed by atoms with Gasteiger partial charge in [-0.1, -0.05) is 42.5 Å². The van der Waals surface area contributed by atoms with Crippen molar-refractivity contribution in [2.24, 2.45) is 5.92 Å². The standard InChI is InChI=1S/C25H25NO4/c1-30-21-13-9-19(10-14-21)26-24(18-7-11-20(27)12-8-18)22(25(26)29)15-16-23(28)17-5-3-2-4-6-17/h2-14,22-24,27-28H,15-16H2,1H3/t22-,23-,24-/m1/s1. The summed E-state index contributed by atoms with van der Waals surface area (Å²) in [4.78, 5) is 14.9. The summed E-state index contributed by atoms with van der Waals surface area (Å²) in [6.45, 7) is 0. The van der Waals surface area contributed by atoms with E-state index in [0.29, 0.717) is 12.8 Å². The molecule has 5 heteroatoms. The number of benzene rings is 3. The van der Waals surface area contributed by atoms with Gasteiger partial charge in [0.15, 0.2) is 0 Å². The molecule has 0 spiro atoms. The fourth-order valence-corrected chi connectivity index (χ4v) is 4.09. The maximum atomic E-state index is 13.1. The number of amides is 1. The van der Waals surface area contributed by atoms with Gasteiger partial charge in [0, 0.05) is 5.69 Å². The van der Waals surface area contributed by atoms with Gasteiger partial charge in [0.25, 0.3) is 0 Å². The SMILES string of the molecule is COc1ccc(N2C(=O)[C@H](CC[C@@H](O)c3ccccc3)[C@H]2c2ccc(O)cc2)cc1. The number of carbonyl (C=O) groups excluding carboxylic acids is 1. The summed E-state index contributed by atoms with van der Waals surface area (Å²) >= 11 is 0. The largest absolute Gasteiger partial charge is 0.508 e. The van der Waals surface area contributed by atoms with Gasteiger partial charge in [0.1, 0.15) is 11.5 Å². The predicted octanol–water partition coefficient (Wildman–Crippen LogP) is 4.62. The maximum Gasteiger partial charge on any atom is 0.233 e. The van der Waals surface area contributed by atoms with Gasteiger partial charge in [-0.2, -0.15) is 0 Å². The first kappa shape index (κ1) is 20.0. The van der Waals surface area contributed by atoms with Gasteiger partial charge in [-0.3, -0.25) is 4.79 Å². The highest BCUT2D eigenvalue weighted by Crippen LogP contribution is 2.46. The van der Waals surface area contributed by atoms with E-state index in [1.54, 1.807) is 24.1 Å². The molecule has 3 aromatic carbocycles. The topological polar surface area (TPSA) is 70.0 Å². The van der Waals surface area contributed by atoms with Crippen molar-refractivity contribution in [1.29, 1.82) is 0 Å². The zero-order valence-electron chi connectivity index (χ0n) is 16.8. The lowest BCUT2D eigenvalue weighted by Crippen LogP contribution is -2.55. The highest BCUT2D eigenvalue weighted by atomic mass is 16.5. The summed E-state index contributed by atoms with van der Waals surface area (Å²) in [6, 6.07) is 23.8. The second kappa shape index (κ2) is 8.59. The molecular weight excluding hydrogens is 378 g/mol. The third kappa shape index (κ3) is 3.89. The fourth-order valence-electron chi connectivity index (χ4n) is 4.09. The molecule has 1 amide bonds. The van der Waals surface area contributed by atoms with E-state index < -0.39 is 6.10 Å². The molecule has 154 valence electrons. The molecule has 4 rings (SSSR count). The summed E-state index contributed by atoms with van der Waals surface area (Å²) in [6.07, 6.45) is 0.480. The number of nitrogens with zero attached hydrogens (tertiary/aromatic N) is 1. The summed E-state index contributed by atoms with van der Waals surface area (Å²) in [7, 11) is 1.61. The first-order chi connectivity index (χ1) is 14.6. The van der Waals surface area contributed by atoms with Crippen molar-refractivity contribution in [2.45, 2.75) is 25.0 Å². The number of anilines is 1. The Balaban J connectivity index is 1.56. The molecular formula is C25H25NO4. The third-order valence-corrected chi connectivity index (χ3v) is 5.73. The number of β-lactam (4-membered cyclic amide) rings is 1. The Morgan fingerprint density at radius 2 is 1.63 bits per heavy atom. The zero-order valence-corrected chi connectivity index (χ0v) is 16.8. The molecule has 3 atom stereocenters. The van der Waals surface area contributed by atoms with Crippen LogP contribution in [0.4, 0.5) is 5.69 Å². The second-order valence-corrected chi connectivity index (χ2v) is 7.55. The summed E-state index contributed by atoms with van der Waals surface area (Å²) in [5.74, 6) is 0.736. The average Bonchev–Trinajstić information content (AvgIpc) is 2.79. The van der Waals surface area contributed by atoms with E-state index in [9.17, 15) is 15.0 Å². The van der Waals surface area contributed by atoms with Crippen LogP contribution in [0.5, 0.6) is 11.5 Å². The Kier molecular flexibility index (Phi) is 5.72. The van der Waals surface area contributed by atoms with E-state index in [2.05, 4.69) is 0 Å². The minimum Gasteiger partial charge on any atom is -0.508 e. The molecule has 0 radical (unpaired) electrons. The Morgan fingerprint density at radius 1 is 0.967 bits per heavy atom. The van der Waals surface area contributed by atoms with E-state index >= 15 is 0 Å². The number of rotatable bonds is 7. The Labute approximate surface area is 176 Å². The first-order valence-electron chi connectivity index (χ1n) is 10.1. The van der Waals surface area contributed by atoms with Crippen LogP contribution in [-0.2, 0) is 4.79 Å². The van der Waals surface area contributed by atoms with Crippen LogP contribution in [0.15, 0.2) is 78.9 Å². The number of methoxy groups -OCH3 is 1. The van der Waals surface area contributed by atoms with Crippen molar-refractivity contribution in [2.75, 3.05) is 12.0 Å². The van der Waals surface area contributed by atoms with Gasteiger partial charge in [0.2, 0.25) is 5.91 Å². The molecule has 30 heavy (non-hydrogen) atoms. The van der Waals surface area contributed by atoms with Crippen LogP contribution in [0.25, 0.3) is 0 Å². The van der Waals surface area contributed by atoms with Crippen LogP contribution in [0.3, 0.4) is 0 Å². The van der Waals surface area contributed by atoms with Crippen molar-refractivity contribution in [1.82, 2.24) is 0 Å². The number of aliphatic hydroxyl groups is 1. The summed E-state index contributed by atoms with van der Waals surface area (Å²) in [5, 5.41) is 20.2. The molecule has 1 heterocycles.